The summed E-state index contributed by atoms with van der Waals surface area (Å²) in [6.45, 7) is 2.97. The third-order valence-corrected chi connectivity index (χ3v) is 3.72. The Kier molecular flexibility index (Phi) is 5.14. The standard InChI is InChI=1S/C16H20N2O4/c1-11-2-4-12(5-3-11)9-18-10-13(8-14(18)19)16(22)17-7-6-15(20)21/h2-5,13H,6-10H2,1H3,(H,17,22)(H,20,21). The predicted octanol–water partition coefficient (Wildman–Crippen LogP) is 0.934. The second kappa shape index (κ2) is 7.06. The number of aryl methyl sites for hydroxylation is 1. The van der Waals surface area contributed by atoms with E-state index in [-0.39, 0.29) is 31.2 Å². The fraction of sp³-hybridized carbons (Fsp3) is 0.438. The van der Waals surface area contributed by atoms with Gasteiger partial charge in [-0.3, -0.25) is 14.4 Å². The van der Waals surface area contributed by atoms with E-state index in [2.05, 4.69) is 5.32 Å². The van der Waals surface area contributed by atoms with E-state index >= 15 is 0 Å². The predicted molar refractivity (Wildman–Crippen MR) is 80.0 cm³/mol. The summed E-state index contributed by atoms with van der Waals surface area (Å²) in [6.07, 6.45) is 0.0737. The summed E-state index contributed by atoms with van der Waals surface area (Å²) >= 11 is 0. The molecule has 1 atom stereocenters. The van der Waals surface area contributed by atoms with Gasteiger partial charge in [-0.1, -0.05) is 29.8 Å². The molecule has 1 saturated heterocycles. The first-order chi connectivity index (χ1) is 10.5. The van der Waals surface area contributed by atoms with Gasteiger partial charge in [-0.2, -0.15) is 0 Å². The normalized spacial score (nSPS) is 17.6. The number of hydrogen-bond acceptors (Lipinski definition) is 3. The van der Waals surface area contributed by atoms with Crippen LogP contribution in [-0.2, 0) is 20.9 Å². The van der Waals surface area contributed by atoms with E-state index in [0.29, 0.717) is 13.1 Å². The number of hydrogen-bond donors (Lipinski definition) is 2. The molecule has 1 aliphatic rings. The number of carbonyl (C=O) groups is 3. The number of nitrogens with zero attached hydrogens (tertiary/aromatic N) is 1. The molecular weight excluding hydrogens is 284 g/mol. The molecule has 1 fully saturated rings. The van der Waals surface area contributed by atoms with Crippen LogP contribution >= 0.6 is 0 Å². The zero-order valence-electron chi connectivity index (χ0n) is 12.5. The molecule has 1 aliphatic heterocycles. The van der Waals surface area contributed by atoms with Crippen LogP contribution in [0.2, 0.25) is 0 Å². The second-order valence-electron chi connectivity index (χ2n) is 5.60. The van der Waals surface area contributed by atoms with Gasteiger partial charge < -0.3 is 15.3 Å². The van der Waals surface area contributed by atoms with Gasteiger partial charge in [-0.15, -0.1) is 0 Å². The van der Waals surface area contributed by atoms with Crippen molar-refractivity contribution in [1.29, 1.82) is 0 Å². The molecule has 118 valence electrons. The lowest BCUT2D eigenvalue weighted by molar-refractivity contribution is -0.137. The number of carboxylic acids is 1. The number of nitrogens with one attached hydrogen (secondary N) is 1. The molecule has 2 N–H and O–H groups in total. The topological polar surface area (TPSA) is 86.7 Å². The number of carboxylic acid groups (broad SMARTS) is 1. The molecule has 0 aromatic heterocycles. The minimum atomic E-state index is -0.955. The Bertz CT molecular complexity index is 568. The van der Waals surface area contributed by atoms with Gasteiger partial charge in [-0.05, 0) is 12.5 Å². The SMILES string of the molecule is Cc1ccc(CN2CC(C(=O)NCCC(=O)O)CC2=O)cc1. The molecule has 0 spiro atoms. The van der Waals surface area contributed by atoms with Gasteiger partial charge in [-0.25, -0.2) is 0 Å². The van der Waals surface area contributed by atoms with Crippen molar-refractivity contribution in [3.8, 4) is 0 Å². The molecule has 0 aliphatic carbocycles. The van der Waals surface area contributed by atoms with Crippen LogP contribution in [0.1, 0.15) is 24.0 Å². The maximum atomic E-state index is 12.0. The van der Waals surface area contributed by atoms with E-state index in [4.69, 9.17) is 5.11 Å². The van der Waals surface area contributed by atoms with Gasteiger partial charge in [0.15, 0.2) is 0 Å². The average molecular weight is 304 g/mol. The molecule has 0 radical (unpaired) electrons. The van der Waals surface area contributed by atoms with Crippen LogP contribution in [0.25, 0.3) is 0 Å². The van der Waals surface area contributed by atoms with E-state index < -0.39 is 11.9 Å². The summed E-state index contributed by atoms with van der Waals surface area (Å²) in [5.74, 6) is -1.64. The van der Waals surface area contributed by atoms with Crippen LogP contribution in [0.3, 0.4) is 0 Å². The third kappa shape index (κ3) is 4.31. The van der Waals surface area contributed by atoms with E-state index in [1.165, 1.54) is 0 Å². The monoisotopic (exact) mass is 304 g/mol. The Balaban J connectivity index is 1.86. The fourth-order valence-corrected chi connectivity index (χ4v) is 2.45. The number of benzene rings is 1. The highest BCUT2D eigenvalue weighted by Crippen LogP contribution is 2.20. The van der Waals surface area contributed by atoms with E-state index in [9.17, 15) is 14.4 Å². The van der Waals surface area contributed by atoms with Crippen LogP contribution in [0, 0.1) is 12.8 Å². The maximum Gasteiger partial charge on any atom is 0.305 e. The van der Waals surface area contributed by atoms with Gasteiger partial charge in [0.1, 0.15) is 0 Å². The molecule has 6 nitrogen and oxygen atoms in total. The van der Waals surface area contributed by atoms with Crippen LogP contribution in [0.5, 0.6) is 0 Å². The first-order valence-electron chi connectivity index (χ1n) is 7.28. The third-order valence-electron chi connectivity index (χ3n) is 3.72. The molecule has 0 saturated carbocycles. The molecule has 1 aromatic carbocycles. The lowest BCUT2D eigenvalue weighted by atomic mass is 10.1. The molecule has 2 amide bonds. The van der Waals surface area contributed by atoms with Crippen molar-refractivity contribution < 1.29 is 19.5 Å². The van der Waals surface area contributed by atoms with Gasteiger partial charge in [0.2, 0.25) is 11.8 Å². The molecule has 2 rings (SSSR count). The summed E-state index contributed by atoms with van der Waals surface area (Å²) in [5.41, 5.74) is 2.19. The Labute approximate surface area is 129 Å². The van der Waals surface area contributed by atoms with E-state index in [0.717, 1.165) is 11.1 Å². The van der Waals surface area contributed by atoms with Crippen LogP contribution in [0.15, 0.2) is 24.3 Å². The molecule has 22 heavy (non-hydrogen) atoms. The number of aliphatic carboxylic acids is 1. The van der Waals surface area contributed by atoms with Crippen molar-refractivity contribution in [2.75, 3.05) is 13.1 Å². The summed E-state index contributed by atoms with van der Waals surface area (Å²) in [5, 5.41) is 11.1. The molecule has 6 heteroatoms. The largest absolute Gasteiger partial charge is 0.481 e. The molecule has 1 unspecified atom stereocenters. The Hall–Kier alpha value is -2.37. The van der Waals surface area contributed by atoms with E-state index in [1.807, 2.05) is 31.2 Å². The summed E-state index contributed by atoms with van der Waals surface area (Å²) in [6, 6.07) is 7.93. The number of amides is 2. The lowest BCUT2D eigenvalue weighted by Gasteiger charge is -2.16. The number of carbonyl (C=O) groups excluding carboxylic acids is 2. The first-order valence-corrected chi connectivity index (χ1v) is 7.28. The molecular formula is C16H20N2O4. The van der Waals surface area contributed by atoms with Gasteiger partial charge in [0, 0.05) is 26.1 Å². The summed E-state index contributed by atoms with van der Waals surface area (Å²) in [7, 11) is 0. The van der Waals surface area contributed by atoms with Crippen molar-refractivity contribution in [3.63, 3.8) is 0 Å². The van der Waals surface area contributed by atoms with Crippen molar-refractivity contribution in [2.24, 2.45) is 5.92 Å². The maximum absolute atomic E-state index is 12.0. The minimum absolute atomic E-state index is 0.0426. The average Bonchev–Trinajstić information content (AvgIpc) is 2.82. The quantitative estimate of drug-likeness (QED) is 0.818. The Morgan fingerprint density at radius 2 is 2.00 bits per heavy atom. The fourth-order valence-electron chi connectivity index (χ4n) is 2.45. The van der Waals surface area contributed by atoms with Crippen LogP contribution < -0.4 is 5.32 Å². The highest BCUT2D eigenvalue weighted by atomic mass is 16.4. The Morgan fingerprint density at radius 3 is 2.64 bits per heavy atom. The zero-order chi connectivity index (χ0) is 16.1. The van der Waals surface area contributed by atoms with E-state index in [1.54, 1.807) is 4.90 Å². The highest BCUT2D eigenvalue weighted by molar-refractivity contribution is 5.89. The first kappa shape index (κ1) is 16.0. The molecule has 1 aromatic rings. The second-order valence-corrected chi connectivity index (χ2v) is 5.60. The van der Waals surface area contributed by atoms with Crippen LogP contribution in [-0.4, -0.2) is 40.9 Å². The minimum Gasteiger partial charge on any atom is -0.481 e. The molecule has 1 heterocycles. The zero-order valence-corrected chi connectivity index (χ0v) is 12.5. The summed E-state index contributed by atoms with van der Waals surface area (Å²) < 4.78 is 0. The van der Waals surface area contributed by atoms with Crippen molar-refractivity contribution in [3.05, 3.63) is 35.4 Å². The van der Waals surface area contributed by atoms with Crippen molar-refractivity contribution in [1.82, 2.24) is 10.2 Å². The Morgan fingerprint density at radius 1 is 1.32 bits per heavy atom. The van der Waals surface area contributed by atoms with Crippen molar-refractivity contribution in [2.45, 2.75) is 26.3 Å². The van der Waals surface area contributed by atoms with Crippen molar-refractivity contribution >= 4 is 17.8 Å². The van der Waals surface area contributed by atoms with Gasteiger partial charge >= 0.3 is 5.97 Å². The van der Waals surface area contributed by atoms with Gasteiger partial charge in [0.05, 0.1) is 12.3 Å². The highest BCUT2D eigenvalue weighted by Gasteiger charge is 2.34. The summed E-state index contributed by atoms with van der Waals surface area (Å²) in [4.78, 5) is 36.0. The van der Waals surface area contributed by atoms with Crippen LogP contribution in [0.4, 0.5) is 0 Å². The van der Waals surface area contributed by atoms with Gasteiger partial charge in [0.25, 0.3) is 0 Å². The molecule has 0 bridgehead atoms. The smallest absolute Gasteiger partial charge is 0.305 e. The lowest BCUT2D eigenvalue weighted by Crippen LogP contribution is -2.34. The number of rotatable bonds is 6. The number of likely N-dealkylation sites (tertiary alicyclic amines) is 1.